The van der Waals surface area contributed by atoms with Crippen molar-refractivity contribution in [2.75, 3.05) is 0 Å². The smallest absolute Gasteiger partial charge is 0.266 e. The van der Waals surface area contributed by atoms with Crippen molar-refractivity contribution in [1.82, 2.24) is 14.5 Å². The SMILES string of the molecule is Cc1nc(=NC(C)c2cccc(C(F)F)c2F)c2cc(Br)ncc2n1C. The fraction of sp³-hybridized carbons (Fsp3) is 0.278. The Morgan fingerprint density at radius 1 is 1.23 bits per heavy atom. The maximum atomic E-state index is 14.4. The van der Waals surface area contributed by atoms with Crippen molar-refractivity contribution in [3.05, 3.63) is 63.3 Å². The third-order valence-electron chi connectivity index (χ3n) is 4.26. The average Bonchev–Trinajstić information content (AvgIpc) is 2.59. The van der Waals surface area contributed by atoms with E-state index < -0.39 is 23.8 Å². The summed E-state index contributed by atoms with van der Waals surface area (Å²) in [6.07, 6.45) is -1.18. The van der Waals surface area contributed by atoms with Gasteiger partial charge in [0.05, 0.1) is 23.3 Å². The van der Waals surface area contributed by atoms with Gasteiger partial charge in [-0.25, -0.2) is 23.1 Å². The zero-order valence-corrected chi connectivity index (χ0v) is 15.9. The van der Waals surface area contributed by atoms with Crippen LogP contribution in [0.25, 0.3) is 10.9 Å². The molecule has 1 unspecified atom stereocenters. The average molecular weight is 425 g/mol. The van der Waals surface area contributed by atoms with Crippen LogP contribution in [-0.4, -0.2) is 14.5 Å². The Bertz CT molecular complexity index is 1050. The molecule has 0 fully saturated rings. The first-order valence-electron chi connectivity index (χ1n) is 7.88. The highest BCUT2D eigenvalue weighted by molar-refractivity contribution is 9.10. The van der Waals surface area contributed by atoms with Crippen LogP contribution >= 0.6 is 15.9 Å². The number of alkyl halides is 2. The Kier molecular flexibility index (Phi) is 5.13. The van der Waals surface area contributed by atoms with Crippen molar-refractivity contribution in [3.63, 3.8) is 0 Å². The van der Waals surface area contributed by atoms with Crippen molar-refractivity contribution >= 4 is 26.8 Å². The van der Waals surface area contributed by atoms with Crippen LogP contribution in [-0.2, 0) is 7.05 Å². The number of rotatable bonds is 3. The Hall–Kier alpha value is -2.22. The standard InChI is InChI=1S/C18H16BrF3N4/c1-9(11-5-4-6-12(16(11)20)17(21)22)24-18-13-7-15(19)23-8-14(13)26(3)10(2)25-18/h4-9,17H,1-3H3. The van der Waals surface area contributed by atoms with Crippen LogP contribution in [0.15, 0.2) is 40.1 Å². The Morgan fingerprint density at radius 3 is 2.62 bits per heavy atom. The highest BCUT2D eigenvalue weighted by Gasteiger charge is 2.19. The van der Waals surface area contributed by atoms with Gasteiger partial charge >= 0.3 is 0 Å². The molecule has 0 aliphatic rings. The molecule has 0 N–H and O–H groups in total. The van der Waals surface area contributed by atoms with Crippen LogP contribution < -0.4 is 5.49 Å². The summed E-state index contributed by atoms with van der Waals surface area (Å²) >= 11 is 3.32. The molecule has 1 atom stereocenters. The minimum absolute atomic E-state index is 0.108. The summed E-state index contributed by atoms with van der Waals surface area (Å²) < 4.78 is 42.8. The van der Waals surface area contributed by atoms with Gasteiger partial charge in [-0.2, -0.15) is 0 Å². The monoisotopic (exact) mass is 424 g/mol. The molecule has 2 aromatic heterocycles. The molecular formula is C18H16BrF3N4. The molecule has 0 saturated carbocycles. The number of hydrogen-bond acceptors (Lipinski definition) is 3. The first-order valence-corrected chi connectivity index (χ1v) is 8.68. The van der Waals surface area contributed by atoms with E-state index in [1.807, 2.05) is 18.5 Å². The highest BCUT2D eigenvalue weighted by atomic mass is 79.9. The summed E-state index contributed by atoms with van der Waals surface area (Å²) in [7, 11) is 1.86. The summed E-state index contributed by atoms with van der Waals surface area (Å²) in [5.41, 5.74) is 0.711. The molecule has 3 rings (SSSR count). The summed E-state index contributed by atoms with van der Waals surface area (Å²) in [5.74, 6) is -0.224. The molecule has 0 saturated heterocycles. The number of benzene rings is 1. The predicted octanol–water partition coefficient (Wildman–Crippen LogP) is 4.78. The Balaban J connectivity index is 2.21. The molecule has 0 aliphatic carbocycles. The van der Waals surface area contributed by atoms with Crippen LogP contribution in [0.1, 0.15) is 36.3 Å². The number of pyridine rings is 1. The predicted molar refractivity (Wildman–Crippen MR) is 96.3 cm³/mol. The van der Waals surface area contributed by atoms with E-state index in [1.54, 1.807) is 19.2 Å². The van der Waals surface area contributed by atoms with Gasteiger partial charge in [-0.15, -0.1) is 0 Å². The number of aromatic nitrogens is 3. The van der Waals surface area contributed by atoms with Crippen molar-refractivity contribution in [2.24, 2.45) is 12.0 Å². The van der Waals surface area contributed by atoms with E-state index in [-0.39, 0.29) is 5.56 Å². The van der Waals surface area contributed by atoms with Gasteiger partial charge in [-0.05, 0) is 35.8 Å². The summed E-state index contributed by atoms with van der Waals surface area (Å²) in [4.78, 5) is 13.2. The topological polar surface area (TPSA) is 43.1 Å². The fourth-order valence-electron chi connectivity index (χ4n) is 2.74. The zero-order valence-electron chi connectivity index (χ0n) is 14.3. The van der Waals surface area contributed by atoms with E-state index in [0.29, 0.717) is 15.9 Å². The van der Waals surface area contributed by atoms with Gasteiger partial charge in [0, 0.05) is 18.0 Å². The van der Waals surface area contributed by atoms with E-state index in [9.17, 15) is 13.2 Å². The Morgan fingerprint density at radius 2 is 1.92 bits per heavy atom. The van der Waals surface area contributed by atoms with Crippen LogP contribution in [0, 0.1) is 12.7 Å². The van der Waals surface area contributed by atoms with Gasteiger partial charge in [0.2, 0.25) is 0 Å². The van der Waals surface area contributed by atoms with Gasteiger partial charge in [0.25, 0.3) is 6.43 Å². The third-order valence-corrected chi connectivity index (χ3v) is 4.70. The van der Waals surface area contributed by atoms with Crippen LogP contribution in [0.3, 0.4) is 0 Å². The summed E-state index contributed by atoms with van der Waals surface area (Å²) in [6.45, 7) is 3.48. The number of aryl methyl sites for hydroxylation is 2. The lowest BCUT2D eigenvalue weighted by Gasteiger charge is -2.13. The molecule has 8 heteroatoms. The molecule has 0 spiro atoms. The van der Waals surface area contributed by atoms with E-state index in [4.69, 9.17) is 0 Å². The maximum Gasteiger partial charge on any atom is 0.266 e. The molecule has 1 aromatic carbocycles. The van der Waals surface area contributed by atoms with Crippen LogP contribution in [0.5, 0.6) is 0 Å². The van der Waals surface area contributed by atoms with Crippen LogP contribution in [0.4, 0.5) is 13.2 Å². The second-order valence-corrected chi connectivity index (χ2v) is 6.73. The molecule has 136 valence electrons. The number of hydrogen-bond donors (Lipinski definition) is 0. The first kappa shape index (κ1) is 18.6. The second kappa shape index (κ2) is 7.19. The summed E-state index contributed by atoms with van der Waals surface area (Å²) in [6, 6.07) is 5.06. The molecule has 0 aliphatic heterocycles. The largest absolute Gasteiger partial charge is 0.331 e. The minimum atomic E-state index is -2.87. The van der Waals surface area contributed by atoms with E-state index in [2.05, 4.69) is 30.9 Å². The van der Waals surface area contributed by atoms with E-state index in [0.717, 1.165) is 17.0 Å². The number of halogens is 4. The molecule has 0 amide bonds. The van der Waals surface area contributed by atoms with Gasteiger partial charge in [0.1, 0.15) is 16.2 Å². The maximum absolute atomic E-state index is 14.4. The minimum Gasteiger partial charge on any atom is -0.331 e. The molecule has 3 aromatic rings. The number of fused-ring (bicyclic) bond motifs is 1. The van der Waals surface area contributed by atoms with Gasteiger partial charge < -0.3 is 4.57 Å². The molecule has 2 heterocycles. The Labute approximate surface area is 156 Å². The van der Waals surface area contributed by atoms with Crippen molar-refractivity contribution in [1.29, 1.82) is 0 Å². The van der Waals surface area contributed by atoms with Crippen molar-refractivity contribution in [3.8, 4) is 0 Å². The normalized spacial score (nSPS) is 13.6. The van der Waals surface area contributed by atoms with Crippen molar-refractivity contribution in [2.45, 2.75) is 26.3 Å². The second-order valence-electron chi connectivity index (χ2n) is 5.92. The fourth-order valence-corrected chi connectivity index (χ4v) is 3.07. The quantitative estimate of drug-likeness (QED) is 0.567. The summed E-state index contributed by atoms with van der Waals surface area (Å²) in [5, 5.41) is 0.734. The van der Waals surface area contributed by atoms with E-state index in [1.165, 1.54) is 12.1 Å². The molecule has 0 bridgehead atoms. The molecular weight excluding hydrogens is 409 g/mol. The van der Waals surface area contributed by atoms with E-state index >= 15 is 0 Å². The lowest BCUT2D eigenvalue weighted by atomic mass is 10.0. The number of nitrogens with zero attached hydrogens (tertiary/aromatic N) is 4. The van der Waals surface area contributed by atoms with Gasteiger partial charge in [0.15, 0.2) is 5.49 Å². The highest BCUT2D eigenvalue weighted by Crippen LogP contribution is 2.28. The lowest BCUT2D eigenvalue weighted by Crippen LogP contribution is -2.18. The lowest BCUT2D eigenvalue weighted by molar-refractivity contribution is 0.146. The third kappa shape index (κ3) is 3.38. The zero-order chi connectivity index (χ0) is 19.0. The molecule has 0 radical (unpaired) electrons. The van der Waals surface area contributed by atoms with Crippen LogP contribution in [0.2, 0.25) is 0 Å². The molecule has 4 nitrogen and oxygen atoms in total. The molecule has 26 heavy (non-hydrogen) atoms. The van der Waals surface area contributed by atoms with Crippen molar-refractivity contribution < 1.29 is 13.2 Å². The first-order chi connectivity index (χ1) is 12.3. The van der Waals surface area contributed by atoms with Gasteiger partial charge in [-0.3, -0.25) is 4.99 Å². The van der Waals surface area contributed by atoms with Gasteiger partial charge in [-0.1, -0.05) is 18.2 Å².